The van der Waals surface area contributed by atoms with E-state index in [1.807, 2.05) is 0 Å². The number of pyridine rings is 3. The molecule has 5 heterocycles. The summed E-state index contributed by atoms with van der Waals surface area (Å²) in [6, 6.07) is 2.31. The van der Waals surface area contributed by atoms with E-state index < -0.39 is 34.9 Å². The number of amides is 2. The summed E-state index contributed by atoms with van der Waals surface area (Å²) < 4.78 is 41.9. The molecule has 1 fully saturated rings. The van der Waals surface area contributed by atoms with Crippen molar-refractivity contribution in [2.45, 2.75) is 39.4 Å². The summed E-state index contributed by atoms with van der Waals surface area (Å²) in [5.41, 5.74) is -1.09. The van der Waals surface area contributed by atoms with Crippen LogP contribution in [0.15, 0.2) is 40.9 Å². The summed E-state index contributed by atoms with van der Waals surface area (Å²) in [6.07, 6.45) is 1.42. The van der Waals surface area contributed by atoms with Gasteiger partial charge in [0.2, 0.25) is 5.43 Å². The Hall–Kier alpha value is -4.37. The molecule has 15 heteroatoms. The van der Waals surface area contributed by atoms with Crippen LogP contribution in [0.3, 0.4) is 0 Å². The van der Waals surface area contributed by atoms with Gasteiger partial charge in [0.05, 0.1) is 5.39 Å². The molecular weight excluding hydrogens is 599 g/mol. The van der Waals surface area contributed by atoms with Gasteiger partial charge in [0.25, 0.3) is 0 Å². The molecule has 0 aliphatic carbocycles. The van der Waals surface area contributed by atoms with Gasteiger partial charge in [0.15, 0.2) is 5.69 Å². The minimum absolute atomic E-state index is 0.00309. The van der Waals surface area contributed by atoms with Gasteiger partial charge in [-0.3, -0.25) is 10.1 Å². The second-order valence-corrected chi connectivity index (χ2v) is 11.4. The monoisotopic (exact) mass is 629 g/mol. The quantitative estimate of drug-likeness (QED) is 0.230. The zero-order chi connectivity index (χ0) is 31.6. The number of nitrogens with one attached hydrogen (secondary N) is 2. The highest BCUT2D eigenvalue weighted by molar-refractivity contribution is 7.13. The lowest BCUT2D eigenvalue weighted by Crippen LogP contribution is -2.28. The van der Waals surface area contributed by atoms with Crippen LogP contribution in [-0.2, 0) is 12.7 Å². The van der Waals surface area contributed by atoms with Crippen molar-refractivity contribution in [2.24, 2.45) is 5.92 Å². The van der Waals surface area contributed by atoms with Crippen molar-refractivity contribution in [3.63, 3.8) is 0 Å². The summed E-state index contributed by atoms with van der Waals surface area (Å²) in [7, 11) is 0. The summed E-state index contributed by atoms with van der Waals surface area (Å²) in [5.74, 6) is -1.07. The Morgan fingerprint density at radius 2 is 1.95 bits per heavy atom. The first kappa shape index (κ1) is 31.1. The molecule has 0 unspecified atom stereocenters. The number of carboxylic acid groups (broad SMARTS) is 1. The van der Waals surface area contributed by atoms with Gasteiger partial charge < -0.3 is 19.9 Å². The molecule has 3 N–H and O–H groups in total. The summed E-state index contributed by atoms with van der Waals surface area (Å²) >= 11 is 0.758. The maximum Gasteiger partial charge on any atom is 0.434 e. The number of aromatic carboxylic acids is 1. The number of aromatic nitrogens is 4. The number of hydrogen-bond acceptors (Lipinski definition) is 8. The number of urea groups is 1. The van der Waals surface area contributed by atoms with Crippen molar-refractivity contribution < 1.29 is 27.9 Å². The molecule has 11 nitrogen and oxygen atoms in total. The largest absolute Gasteiger partial charge is 0.477 e. The van der Waals surface area contributed by atoms with Gasteiger partial charge in [-0.25, -0.2) is 24.5 Å². The van der Waals surface area contributed by atoms with Crippen molar-refractivity contribution in [1.29, 1.82) is 0 Å². The molecular formula is C29H30F3N7O4S. The van der Waals surface area contributed by atoms with Crippen molar-refractivity contribution in [3.05, 3.63) is 57.6 Å². The molecule has 0 saturated carbocycles. The number of carbonyl (C=O) groups is 2. The minimum Gasteiger partial charge on any atom is -0.477 e. The molecule has 4 aromatic rings. The van der Waals surface area contributed by atoms with Crippen LogP contribution >= 0.6 is 11.3 Å². The van der Waals surface area contributed by atoms with E-state index in [9.17, 15) is 32.7 Å². The van der Waals surface area contributed by atoms with Crippen molar-refractivity contribution >= 4 is 40.2 Å². The van der Waals surface area contributed by atoms with Crippen molar-refractivity contribution in [2.75, 3.05) is 31.5 Å². The third kappa shape index (κ3) is 6.58. The molecule has 5 rings (SSSR count). The Bertz CT molecular complexity index is 1770. The Morgan fingerprint density at radius 3 is 2.64 bits per heavy atom. The topological polar surface area (TPSA) is 142 Å². The number of anilines is 1. The average Bonchev–Trinajstić information content (AvgIpc) is 3.65. The highest BCUT2D eigenvalue weighted by atomic mass is 32.1. The molecule has 0 spiro atoms. The minimum atomic E-state index is -4.67. The maximum atomic E-state index is 13.4. The Kier molecular flexibility index (Phi) is 8.97. The van der Waals surface area contributed by atoms with E-state index in [0.717, 1.165) is 49.2 Å². The molecule has 0 aromatic carbocycles. The lowest BCUT2D eigenvalue weighted by molar-refractivity contribution is -0.140. The van der Waals surface area contributed by atoms with Crippen LogP contribution in [0, 0.1) is 5.92 Å². The molecule has 4 aromatic heterocycles. The van der Waals surface area contributed by atoms with Crippen LogP contribution in [-0.4, -0.2) is 67.7 Å². The molecule has 1 atom stereocenters. The van der Waals surface area contributed by atoms with Crippen molar-refractivity contribution in [3.8, 4) is 21.7 Å². The number of nitrogens with zero attached hydrogens (tertiary/aromatic N) is 5. The summed E-state index contributed by atoms with van der Waals surface area (Å²) in [4.78, 5) is 52.4. The predicted octanol–water partition coefficient (Wildman–Crippen LogP) is 5.17. The zero-order valence-corrected chi connectivity index (χ0v) is 24.8. The maximum absolute atomic E-state index is 13.4. The van der Waals surface area contributed by atoms with E-state index in [4.69, 9.17) is 0 Å². The normalized spacial score (nSPS) is 15.5. The molecule has 0 radical (unpaired) electrons. The SMILES string of the molecule is CCCN1CC[C@H](Cn2cc(C(=O)O)c(=O)c3cc(-c4cnc(NC(=O)NCC)cc4-c4nc(C(F)(F)F)cs4)cnc32)C1. The third-order valence-electron chi connectivity index (χ3n) is 7.33. The predicted molar refractivity (Wildman–Crippen MR) is 160 cm³/mol. The number of carbonyl (C=O) groups excluding carboxylic acids is 1. The second-order valence-electron chi connectivity index (χ2n) is 10.5. The van der Waals surface area contributed by atoms with Gasteiger partial charge in [-0.1, -0.05) is 6.92 Å². The Balaban J connectivity index is 1.61. The number of fused-ring (bicyclic) bond motifs is 1. The standard InChI is InChI=1S/C29H30F3N7O4S/c1-3-6-38-7-5-16(12-38)13-39-14-21(27(41)42)24(40)19-8-17(10-35-25(19)39)20-11-34-23(37-28(43)33-4-2)9-18(20)26-36-22(15-44-26)29(30,31)32/h8-11,14-16H,3-7,12-13H2,1-2H3,(H,41,42)(H2,33,34,37,43)/t16-/m0/s1. The van der Waals surface area contributed by atoms with Gasteiger partial charge in [0.1, 0.15) is 22.0 Å². The number of halogens is 3. The Morgan fingerprint density at radius 1 is 1.16 bits per heavy atom. The first-order valence-corrected chi connectivity index (χ1v) is 14.9. The van der Waals surface area contributed by atoms with Crippen LogP contribution in [0.4, 0.5) is 23.8 Å². The fourth-order valence-electron chi connectivity index (χ4n) is 5.35. The lowest BCUT2D eigenvalue weighted by Gasteiger charge is -2.18. The van der Waals surface area contributed by atoms with Crippen LogP contribution < -0.4 is 16.1 Å². The van der Waals surface area contributed by atoms with E-state index in [-0.39, 0.29) is 27.7 Å². The van der Waals surface area contributed by atoms with Gasteiger partial charge in [-0.15, -0.1) is 11.3 Å². The van der Waals surface area contributed by atoms with Crippen LogP contribution in [0.5, 0.6) is 0 Å². The summed E-state index contributed by atoms with van der Waals surface area (Å²) in [5, 5.41) is 15.9. The fraction of sp³-hybridized carbons (Fsp3) is 0.379. The molecule has 2 amide bonds. The molecule has 0 bridgehead atoms. The Labute approximate surface area is 253 Å². The fourth-order valence-corrected chi connectivity index (χ4v) is 6.21. The highest BCUT2D eigenvalue weighted by Gasteiger charge is 2.34. The smallest absolute Gasteiger partial charge is 0.434 e. The number of rotatable bonds is 9. The van der Waals surface area contributed by atoms with Gasteiger partial charge in [-0.2, -0.15) is 13.2 Å². The van der Waals surface area contributed by atoms with Gasteiger partial charge in [0, 0.05) is 60.3 Å². The lowest BCUT2D eigenvalue weighted by atomic mass is 10.0. The number of likely N-dealkylation sites (tertiary alicyclic amines) is 1. The van der Waals surface area contributed by atoms with Crippen LogP contribution in [0.25, 0.3) is 32.7 Å². The third-order valence-corrected chi connectivity index (χ3v) is 8.20. The summed E-state index contributed by atoms with van der Waals surface area (Å²) in [6.45, 7) is 7.41. The van der Waals surface area contributed by atoms with Gasteiger partial charge in [-0.05, 0) is 50.9 Å². The van der Waals surface area contributed by atoms with E-state index >= 15 is 0 Å². The first-order chi connectivity index (χ1) is 21.0. The molecule has 1 aliphatic heterocycles. The molecule has 1 saturated heterocycles. The zero-order valence-electron chi connectivity index (χ0n) is 23.9. The van der Waals surface area contributed by atoms with Gasteiger partial charge >= 0.3 is 18.2 Å². The van der Waals surface area contributed by atoms with Crippen LogP contribution in [0.1, 0.15) is 42.7 Å². The molecule has 44 heavy (non-hydrogen) atoms. The second kappa shape index (κ2) is 12.7. The highest BCUT2D eigenvalue weighted by Crippen LogP contribution is 2.38. The van der Waals surface area contributed by atoms with Crippen molar-refractivity contribution in [1.82, 2.24) is 29.7 Å². The number of alkyl halides is 3. The average molecular weight is 630 g/mol. The number of carboxylic acids is 1. The van der Waals surface area contributed by atoms with E-state index in [2.05, 4.69) is 37.4 Å². The van der Waals surface area contributed by atoms with E-state index in [1.54, 1.807) is 11.5 Å². The molecule has 232 valence electrons. The number of hydrogen-bond donors (Lipinski definition) is 3. The first-order valence-electron chi connectivity index (χ1n) is 14.1. The van der Waals surface area contributed by atoms with Crippen LogP contribution in [0.2, 0.25) is 0 Å². The molecule has 1 aliphatic rings. The van der Waals surface area contributed by atoms with E-state index in [0.29, 0.717) is 29.9 Å². The van der Waals surface area contributed by atoms with E-state index in [1.165, 1.54) is 30.7 Å². The number of thiazole rings is 1.